The average molecular weight is 838 g/mol. The molecule has 60 heavy (non-hydrogen) atoms. The summed E-state index contributed by atoms with van der Waals surface area (Å²) in [5.41, 5.74) is 12.1. The maximum absolute atomic E-state index is 7.92. The summed E-state index contributed by atoms with van der Waals surface area (Å²) in [6.45, 7) is 15.7. The molecule has 0 bridgehead atoms. The molecular weight excluding hydrogens is 788 g/mol. The van der Waals surface area contributed by atoms with Crippen LogP contribution >= 0.6 is 34.3 Å². The van der Waals surface area contributed by atoms with Crippen LogP contribution in [0.2, 0.25) is 5.02 Å². The fourth-order valence-corrected chi connectivity index (χ4v) is 10.4. The molecule has 2 heterocycles. The molecule has 0 aliphatic carbocycles. The maximum atomic E-state index is 7.92. The fourth-order valence-electron chi connectivity index (χ4n) is 7.98. The number of hydrogen-bond donors (Lipinski definition) is 0. The molecule has 2 aromatic heterocycles. The van der Waals surface area contributed by atoms with Crippen LogP contribution < -0.4 is 9.80 Å². The number of benzene rings is 7. The first kappa shape index (κ1) is 39.8. The Morgan fingerprint density at radius 2 is 0.817 bits per heavy atom. The average Bonchev–Trinajstić information content (AvgIpc) is 3.88. The highest BCUT2D eigenvalue weighted by atomic mass is 35.5. The summed E-state index contributed by atoms with van der Waals surface area (Å²) in [6, 6.07) is 62.0. The topological polar surface area (TPSA) is 6.48 Å². The van der Waals surface area contributed by atoms with Crippen LogP contribution in [0.4, 0.5) is 34.1 Å². The maximum Gasteiger partial charge on any atom is 0.0887 e. The molecule has 0 radical (unpaired) electrons. The predicted molar refractivity (Wildman–Crippen MR) is 265 cm³/mol. The summed E-state index contributed by atoms with van der Waals surface area (Å²) in [6.07, 6.45) is 0. The molecule has 0 aliphatic heterocycles. The summed E-state index contributed by atoms with van der Waals surface area (Å²) in [5.74, 6) is 0. The lowest BCUT2D eigenvalue weighted by molar-refractivity contribution is 0.590. The van der Waals surface area contributed by atoms with E-state index in [0.29, 0.717) is 5.02 Å². The number of halogens is 1. The highest BCUT2D eigenvalue weighted by Gasteiger charge is 2.25. The molecule has 2 nitrogen and oxygen atoms in total. The van der Waals surface area contributed by atoms with Gasteiger partial charge in [0.25, 0.3) is 0 Å². The Kier molecular flexibility index (Phi) is 10.4. The molecule has 9 aromatic rings. The van der Waals surface area contributed by atoms with Crippen molar-refractivity contribution in [3.63, 3.8) is 0 Å². The molecule has 298 valence electrons. The van der Waals surface area contributed by atoms with E-state index in [1.54, 1.807) is 0 Å². The highest BCUT2D eigenvalue weighted by Crippen LogP contribution is 2.49. The lowest BCUT2D eigenvalue weighted by Crippen LogP contribution is -2.16. The molecule has 0 atom stereocenters. The number of hydrogen-bond acceptors (Lipinski definition) is 4. The van der Waals surface area contributed by atoms with Crippen LogP contribution in [0.1, 0.15) is 58.2 Å². The van der Waals surface area contributed by atoms with Crippen LogP contribution in [-0.4, -0.2) is 0 Å². The van der Waals surface area contributed by atoms with Crippen molar-refractivity contribution in [3.05, 3.63) is 192 Å². The standard InChI is InChI=1S/C55H49ClN2S2/c1-36-30-47(57(43-26-22-41(23-27-43)54(2,3)4)44-28-24-42(25-29-44)55(5,6)7)53(56)48(31-36)58(45-18-12-16-37(32-45)51-34-39-14-8-10-20-49(39)59-51)46-19-13-17-38(33-46)52-35-40-15-9-11-21-50(40)60-52/h8-35H,1-7H3. The van der Waals surface area contributed by atoms with E-state index in [9.17, 15) is 0 Å². The summed E-state index contributed by atoms with van der Waals surface area (Å²) < 4.78 is 2.56. The summed E-state index contributed by atoms with van der Waals surface area (Å²) in [4.78, 5) is 7.13. The molecule has 0 amide bonds. The van der Waals surface area contributed by atoms with Crippen molar-refractivity contribution in [3.8, 4) is 20.9 Å². The summed E-state index contributed by atoms with van der Waals surface area (Å²) in [7, 11) is 0. The van der Waals surface area contributed by atoms with Gasteiger partial charge in [-0.3, -0.25) is 0 Å². The smallest absolute Gasteiger partial charge is 0.0887 e. The third-order valence-electron chi connectivity index (χ3n) is 11.3. The second-order valence-corrected chi connectivity index (χ2v) is 20.3. The second-order valence-electron chi connectivity index (χ2n) is 17.8. The molecule has 0 spiro atoms. The first-order valence-corrected chi connectivity index (χ1v) is 22.6. The van der Waals surface area contributed by atoms with Gasteiger partial charge < -0.3 is 9.80 Å². The van der Waals surface area contributed by atoms with Gasteiger partial charge in [-0.15, -0.1) is 22.7 Å². The van der Waals surface area contributed by atoms with Crippen molar-refractivity contribution >= 4 is 88.6 Å². The Hall–Kier alpha value is -5.65. The zero-order chi connectivity index (χ0) is 41.8. The van der Waals surface area contributed by atoms with Crippen molar-refractivity contribution in [2.45, 2.75) is 59.3 Å². The quantitative estimate of drug-likeness (QED) is 0.150. The van der Waals surface area contributed by atoms with Gasteiger partial charge in [-0.1, -0.05) is 138 Å². The van der Waals surface area contributed by atoms with Gasteiger partial charge in [0, 0.05) is 41.9 Å². The van der Waals surface area contributed by atoms with Crippen LogP contribution in [0.15, 0.2) is 170 Å². The second kappa shape index (κ2) is 15.7. The number of nitrogens with zero attached hydrogens (tertiary/aromatic N) is 2. The summed E-state index contributed by atoms with van der Waals surface area (Å²) >= 11 is 11.6. The molecule has 5 heteroatoms. The van der Waals surface area contributed by atoms with Gasteiger partial charge in [-0.25, -0.2) is 0 Å². The highest BCUT2D eigenvalue weighted by molar-refractivity contribution is 7.22. The molecular formula is C55H49ClN2S2. The molecule has 0 saturated carbocycles. The van der Waals surface area contributed by atoms with Crippen molar-refractivity contribution in [2.24, 2.45) is 0 Å². The van der Waals surface area contributed by atoms with Gasteiger partial charge in [-0.2, -0.15) is 0 Å². The third kappa shape index (κ3) is 7.88. The monoisotopic (exact) mass is 836 g/mol. The molecule has 0 N–H and O–H groups in total. The first-order chi connectivity index (χ1) is 28.8. The number of anilines is 6. The van der Waals surface area contributed by atoms with E-state index < -0.39 is 0 Å². The fraction of sp³-hybridized carbons (Fsp3) is 0.164. The molecule has 0 saturated heterocycles. The largest absolute Gasteiger partial charge is 0.309 e. The predicted octanol–water partition coefficient (Wildman–Crippen LogP) is 17.9. The Bertz CT molecular complexity index is 2740. The first-order valence-electron chi connectivity index (χ1n) is 20.6. The zero-order valence-electron chi connectivity index (χ0n) is 35.3. The SMILES string of the molecule is Cc1cc(N(c2ccc(C(C)(C)C)cc2)c2ccc(C(C)(C)C)cc2)c(Cl)c(N(c2cccc(-c3cc4ccccc4s3)c2)c2cccc(-c3cc4ccccc4s3)c2)c1. The summed E-state index contributed by atoms with van der Waals surface area (Å²) in [5, 5.41) is 3.18. The zero-order valence-corrected chi connectivity index (χ0v) is 37.6. The van der Waals surface area contributed by atoms with Crippen LogP contribution in [-0.2, 0) is 10.8 Å². The van der Waals surface area contributed by atoms with E-state index in [1.165, 1.54) is 52.2 Å². The van der Waals surface area contributed by atoms with E-state index in [-0.39, 0.29) is 10.8 Å². The van der Waals surface area contributed by atoms with Crippen LogP contribution in [0.3, 0.4) is 0 Å². The number of fused-ring (bicyclic) bond motifs is 2. The third-order valence-corrected chi connectivity index (χ3v) is 14.0. The molecule has 0 fully saturated rings. The van der Waals surface area contributed by atoms with Crippen LogP contribution in [0.25, 0.3) is 41.1 Å². The molecule has 0 unspecified atom stereocenters. The van der Waals surface area contributed by atoms with Gasteiger partial charge in [0.2, 0.25) is 0 Å². The van der Waals surface area contributed by atoms with E-state index in [4.69, 9.17) is 11.6 Å². The lowest BCUT2D eigenvalue weighted by atomic mass is 9.86. The van der Waals surface area contributed by atoms with E-state index in [0.717, 1.165) is 39.7 Å². The van der Waals surface area contributed by atoms with Crippen molar-refractivity contribution in [1.29, 1.82) is 0 Å². The lowest BCUT2D eigenvalue weighted by Gasteiger charge is -2.32. The Morgan fingerprint density at radius 1 is 0.417 bits per heavy atom. The van der Waals surface area contributed by atoms with Crippen molar-refractivity contribution in [2.75, 3.05) is 9.80 Å². The number of aryl methyl sites for hydroxylation is 1. The van der Waals surface area contributed by atoms with E-state index in [2.05, 4.69) is 228 Å². The van der Waals surface area contributed by atoms with Crippen LogP contribution in [0, 0.1) is 6.92 Å². The minimum Gasteiger partial charge on any atom is -0.309 e. The van der Waals surface area contributed by atoms with Gasteiger partial charge in [0.05, 0.1) is 16.4 Å². The molecule has 9 rings (SSSR count). The van der Waals surface area contributed by atoms with Gasteiger partial charge >= 0.3 is 0 Å². The molecule has 0 aliphatic rings. The minimum atomic E-state index is 0.0289. The van der Waals surface area contributed by atoms with Crippen LogP contribution in [0.5, 0.6) is 0 Å². The minimum absolute atomic E-state index is 0.0289. The van der Waals surface area contributed by atoms with Gasteiger partial charge in [0.15, 0.2) is 0 Å². The van der Waals surface area contributed by atoms with E-state index in [1.807, 2.05) is 22.7 Å². The number of thiophene rings is 2. The number of rotatable bonds is 8. The normalized spacial score (nSPS) is 12.0. The van der Waals surface area contributed by atoms with E-state index >= 15 is 0 Å². The molecule has 7 aromatic carbocycles. The van der Waals surface area contributed by atoms with Crippen molar-refractivity contribution < 1.29 is 0 Å². The van der Waals surface area contributed by atoms with Gasteiger partial charge in [0.1, 0.15) is 0 Å². The Morgan fingerprint density at radius 3 is 1.22 bits per heavy atom. The van der Waals surface area contributed by atoms with Gasteiger partial charge in [-0.05, 0) is 141 Å². The Labute approximate surface area is 368 Å². The van der Waals surface area contributed by atoms with Crippen molar-refractivity contribution in [1.82, 2.24) is 0 Å². The Balaban J connectivity index is 1.24.